The third kappa shape index (κ3) is 4.07. The highest BCUT2D eigenvalue weighted by molar-refractivity contribution is 5.87. The van der Waals surface area contributed by atoms with E-state index in [1.54, 1.807) is 19.1 Å². The summed E-state index contributed by atoms with van der Waals surface area (Å²) in [7, 11) is 0. The molecule has 0 radical (unpaired) electrons. The molecule has 4 rings (SSSR count). The number of carbonyl (C=O) groups excluding carboxylic acids is 1. The van der Waals surface area contributed by atoms with Gasteiger partial charge in [-0.15, -0.1) is 10.2 Å². The van der Waals surface area contributed by atoms with Crippen LogP contribution in [0.5, 0.6) is 0 Å². The second kappa shape index (κ2) is 7.95. The smallest absolute Gasteiger partial charge is 0.331 e. The van der Waals surface area contributed by atoms with Crippen LogP contribution in [0.3, 0.4) is 0 Å². The molecule has 0 saturated carbocycles. The van der Waals surface area contributed by atoms with Gasteiger partial charge in [0.05, 0.1) is 4.92 Å². The molecule has 10 heteroatoms. The van der Waals surface area contributed by atoms with E-state index in [4.69, 9.17) is 13.6 Å². The Balaban J connectivity index is 1.40. The van der Waals surface area contributed by atoms with Gasteiger partial charge in [0.15, 0.2) is 11.7 Å². The summed E-state index contributed by atoms with van der Waals surface area (Å²) >= 11 is 0. The molecule has 0 aliphatic rings. The molecule has 0 bridgehead atoms. The first kappa shape index (κ1) is 19.0. The Hall–Kier alpha value is -4.34. The van der Waals surface area contributed by atoms with Crippen molar-refractivity contribution in [3.8, 4) is 11.5 Å². The molecular formula is C20H14N4O6. The zero-order chi connectivity index (χ0) is 21.1. The van der Waals surface area contributed by atoms with E-state index in [-0.39, 0.29) is 23.4 Å². The van der Waals surface area contributed by atoms with Crippen molar-refractivity contribution in [2.75, 3.05) is 0 Å². The van der Waals surface area contributed by atoms with Crippen molar-refractivity contribution in [3.63, 3.8) is 0 Å². The van der Waals surface area contributed by atoms with Gasteiger partial charge >= 0.3 is 5.97 Å². The van der Waals surface area contributed by atoms with Crippen LogP contribution in [0.4, 0.5) is 5.69 Å². The van der Waals surface area contributed by atoms with Crippen LogP contribution in [0.1, 0.15) is 24.8 Å². The highest BCUT2D eigenvalue weighted by Gasteiger charge is 2.18. The van der Waals surface area contributed by atoms with E-state index in [0.29, 0.717) is 16.7 Å². The zero-order valence-electron chi connectivity index (χ0n) is 15.6. The van der Waals surface area contributed by atoms with Gasteiger partial charge in [0.1, 0.15) is 5.52 Å². The predicted octanol–water partition coefficient (Wildman–Crippen LogP) is 4.10. The van der Waals surface area contributed by atoms with Crippen molar-refractivity contribution >= 4 is 28.8 Å². The first-order valence-electron chi connectivity index (χ1n) is 8.82. The lowest BCUT2D eigenvalue weighted by atomic mass is 10.2. The minimum Gasteiger partial charge on any atom is -0.449 e. The number of hydrogen-bond acceptors (Lipinski definition) is 9. The minimum absolute atomic E-state index is 0.0495. The number of para-hydroxylation sites is 2. The summed E-state index contributed by atoms with van der Waals surface area (Å²) in [4.78, 5) is 26.5. The highest BCUT2D eigenvalue weighted by Crippen LogP contribution is 2.24. The van der Waals surface area contributed by atoms with E-state index in [9.17, 15) is 14.9 Å². The van der Waals surface area contributed by atoms with Crippen LogP contribution in [0.15, 0.2) is 63.4 Å². The predicted molar refractivity (Wildman–Crippen MR) is 104 cm³/mol. The third-order valence-electron chi connectivity index (χ3n) is 4.08. The van der Waals surface area contributed by atoms with Crippen molar-refractivity contribution in [3.05, 3.63) is 76.5 Å². The second-order valence-electron chi connectivity index (χ2n) is 6.18. The molecule has 30 heavy (non-hydrogen) atoms. The molecule has 1 atom stereocenters. The second-order valence-corrected chi connectivity index (χ2v) is 6.18. The Labute approximate surface area is 169 Å². The highest BCUT2D eigenvalue weighted by atomic mass is 16.6. The number of nitro benzene ring substituents is 1. The lowest BCUT2D eigenvalue weighted by Gasteiger charge is -2.06. The average molecular weight is 406 g/mol. The van der Waals surface area contributed by atoms with Crippen LogP contribution in [0.2, 0.25) is 0 Å². The van der Waals surface area contributed by atoms with Gasteiger partial charge < -0.3 is 13.6 Å². The van der Waals surface area contributed by atoms with Crippen molar-refractivity contribution in [1.29, 1.82) is 0 Å². The number of oxazole rings is 1. The zero-order valence-corrected chi connectivity index (χ0v) is 15.6. The summed E-state index contributed by atoms with van der Waals surface area (Å²) in [5.41, 5.74) is 1.76. The molecule has 0 saturated heterocycles. The van der Waals surface area contributed by atoms with Crippen LogP contribution >= 0.6 is 0 Å². The van der Waals surface area contributed by atoms with Crippen molar-refractivity contribution in [2.24, 2.45) is 0 Å². The van der Waals surface area contributed by atoms with Gasteiger partial charge in [-0.25, -0.2) is 9.78 Å². The molecule has 0 fully saturated rings. The Bertz CT molecular complexity index is 1210. The summed E-state index contributed by atoms with van der Waals surface area (Å²) in [6, 6.07) is 12.9. The van der Waals surface area contributed by atoms with Crippen molar-refractivity contribution < 1.29 is 23.3 Å². The first-order valence-corrected chi connectivity index (χ1v) is 8.82. The summed E-state index contributed by atoms with van der Waals surface area (Å²) < 4.78 is 16.3. The topological polar surface area (TPSA) is 134 Å². The van der Waals surface area contributed by atoms with Crippen LogP contribution < -0.4 is 0 Å². The first-order chi connectivity index (χ1) is 14.5. The number of non-ortho nitro benzene ring substituents is 1. The normalized spacial score (nSPS) is 12.3. The number of benzene rings is 2. The Kier molecular flexibility index (Phi) is 5.04. The summed E-state index contributed by atoms with van der Waals surface area (Å²) in [6.07, 6.45) is 1.80. The molecule has 0 unspecified atom stereocenters. The number of rotatable bonds is 6. The van der Waals surface area contributed by atoms with E-state index in [1.165, 1.54) is 36.4 Å². The lowest BCUT2D eigenvalue weighted by Crippen LogP contribution is -2.06. The molecule has 0 spiro atoms. The number of nitro groups is 1. The molecule has 0 amide bonds. The number of ether oxygens (including phenoxy) is 1. The minimum atomic E-state index is -0.801. The Morgan fingerprint density at radius 1 is 1.13 bits per heavy atom. The maximum absolute atomic E-state index is 12.1. The molecule has 2 heterocycles. The number of fused-ring (bicyclic) bond motifs is 1. The van der Waals surface area contributed by atoms with Gasteiger partial charge in [-0.1, -0.05) is 12.1 Å². The van der Waals surface area contributed by atoms with Gasteiger partial charge in [0.2, 0.25) is 11.8 Å². The molecule has 0 N–H and O–H groups in total. The van der Waals surface area contributed by atoms with Gasteiger partial charge in [-0.05, 0) is 31.2 Å². The van der Waals surface area contributed by atoms with Crippen molar-refractivity contribution in [1.82, 2.24) is 15.2 Å². The monoisotopic (exact) mass is 406 g/mol. The molecule has 4 aromatic rings. The van der Waals surface area contributed by atoms with Gasteiger partial charge in [0, 0.05) is 29.8 Å². The molecule has 2 aromatic carbocycles. The average Bonchev–Trinajstić information content (AvgIpc) is 3.39. The van der Waals surface area contributed by atoms with E-state index in [2.05, 4.69) is 15.2 Å². The number of esters is 1. The lowest BCUT2D eigenvalue weighted by molar-refractivity contribution is -0.384. The fourth-order valence-electron chi connectivity index (χ4n) is 2.61. The molecule has 10 nitrogen and oxygen atoms in total. The van der Waals surface area contributed by atoms with Crippen molar-refractivity contribution in [2.45, 2.75) is 13.0 Å². The summed E-state index contributed by atoms with van der Waals surface area (Å²) in [5.74, 6) is -0.115. The Morgan fingerprint density at radius 2 is 1.90 bits per heavy atom. The van der Waals surface area contributed by atoms with Gasteiger partial charge in [-0.3, -0.25) is 10.1 Å². The SMILES string of the molecule is C[C@@H](OC(=O)/C=C/c1nc2ccccc2o1)c1nnc(-c2ccc([N+](=O)[O-])cc2)o1. The molecule has 0 aliphatic carbocycles. The maximum atomic E-state index is 12.1. The van der Waals surface area contributed by atoms with E-state index in [1.807, 2.05) is 12.1 Å². The fourth-order valence-corrected chi connectivity index (χ4v) is 2.61. The van der Waals surface area contributed by atoms with Gasteiger partial charge in [-0.2, -0.15) is 0 Å². The van der Waals surface area contributed by atoms with E-state index >= 15 is 0 Å². The quantitative estimate of drug-likeness (QED) is 0.201. The number of hydrogen-bond donors (Lipinski definition) is 0. The maximum Gasteiger partial charge on any atom is 0.331 e. The third-order valence-corrected chi connectivity index (χ3v) is 4.08. The van der Waals surface area contributed by atoms with Crippen LogP contribution in [-0.4, -0.2) is 26.1 Å². The van der Waals surface area contributed by atoms with Crippen LogP contribution in [0, 0.1) is 10.1 Å². The fraction of sp³-hybridized carbons (Fsp3) is 0.100. The van der Waals surface area contributed by atoms with E-state index in [0.717, 1.165) is 0 Å². The van der Waals surface area contributed by atoms with Gasteiger partial charge in [0.25, 0.3) is 11.6 Å². The standard InChI is InChI=1S/C20H14N4O6/c1-12(19-22-23-20(30-19)13-6-8-14(9-7-13)24(26)27)28-18(25)11-10-17-21-15-4-2-3-5-16(15)29-17/h2-12H,1H3/b11-10+/t12-/m1/s1. The molecule has 0 aliphatic heterocycles. The van der Waals surface area contributed by atoms with Crippen LogP contribution in [0.25, 0.3) is 28.6 Å². The number of nitrogens with zero attached hydrogens (tertiary/aromatic N) is 4. The molecule has 150 valence electrons. The molecular weight excluding hydrogens is 392 g/mol. The number of aromatic nitrogens is 3. The summed E-state index contributed by atoms with van der Waals surface area (Å²) in [6.45, 7) is 1.58. The largest absolute Gasteiger partial charge is 0.449 e. The number of carbonyl (C=O) groups is 1. The molecule has 2 aromatic heterocycles. The summed E-state index contributed by atoms with van der Waals surface area (Å²) in [5, 5.41) is 18.5. The Morgan fingerprint density at radius 3 is 2.63 bits per heavy atom. The van der Waals surface area contributed by atoms with Crippen LogP contribution in [-0.2, 0) is 9.53 Å². The van der Waals surface area contributed by atoms with E-state index < -0.39 is 17.0 Å².